The van der Waals surface area contributed by atoms with Crippen molar-refractivity contribution in [3.05, 3.63) is 47.1 Å². The van der Waals surface area contributed by atoms with E-state index in [1.807, 2.05) is 24.3 Å². The molecule has 0 spiro atoms. The zero-order chi connectivity index (χ0) is 20.0. The largest absolute Gasteiger partial charge is 0.370 e. The van der Waals surface area contributed by atoms with Gasteiger partial charge in [0, 0.05) is 42.4 Å². The van der Waals surface area contributed by atoms with Crippen LogP contribution < -0.4 is 10.6 Å². The van der Waals surface area contributed by atoms with Crippen LogP contribution in [0.3, 0.4) is 0 Å². The van der Waals surface area contributed by atoms with Crippen LogP contribution in [0, 0.1) is 0 Å². The molecule has 0 unspecified atom stereocenters. The molecule has 0 bridgehead atoms. The lowest BCUT2D eigenvalue weighted by Gasteiger charge is -2.25. The number of nitrogens with zero attached hydrogens (tertiary/aromatic N) is 2. The average Bonchev–Trinajstić information content (AvgIpc) is 2.71. The number of piperidine rings is 1. The van der Waals surface area contributed by atoms with Crippen LogP contribution in [0.25, 0.3) is 0 Å². The first-order chi connectivity index (χ1) is 13.4. The van der Waals surface area contributed by atoms with E-state index in [0.717, 1.165) is 29.4 Å². The van der Waals surface area contributed by atoms with Gasteiger partial charge in [-0.3, -0.25) is 4.79 Å². The minimum atomic E-state index is -3.47. The van der Waals surface area contributed by atoms with Crippen molar-refractivity contribution in [3.8, 4) is 0 Å². The molecule has 0 aliphatic carbocycles. The summed E-state index contributed by atoms with van der Waals surface area (Å²) in [5.74, 6) is 0.424. The Morgan fingerprint density at radius 2 is 1.79 bits per heavy atom. The van der Waals surface area contributed by atoms with Gasteiger partial charge in [-0.2, -0.15) is 4.31 Å². The van der Waals surface area contributed by atoms with E-state index in [1.165, 1.54) is 10.5 Å². The van der Waals surface area contributed by atoms with Gasteiger partial charge in [0.25, 0.3) is 0 Å². The Morgan fingerprint density at radius 3 is 2.43 bits per heavy atom. The molecule has 3 rings (SSSR count). The van der Waals surface area contributed by atoms with Crippen molar-refractivity contribution in [3.63, 3.8) is 0 Å². The van der Waals surface area contributed by atoms with Crippen LogP contribution >= 0.6 is 15.9 Å². The van der Waals surface area contributed by atoms with Gasteiger partial charge in [0.05, 0.1) is 0 Å². The van der Waals surface area contributed by atoms with Gasteiger partial charge in [-0.15, -0.1) is 0 Å². The minimum absolute atomic E-state index is 0.112. The topological polar surface area (TPSA) is 91.4 Å². The number of sulfonamides is 1. The van der Waals surface area contributed by atoms with Crippen LogP contribution in [0.4, 0.5) is 11.5 Å². The van der Waals surface area contributed by atoms with Gasteiger partial charge in [-0.05, 0) is 49.2 Å². The van der Waals surface area contributed by atoms with E-state index >= 15 is 0 Å². The van der Waals surface area contributed by atoms with Crippen LogP contribution in [0.2, 0.25) is 0 Å². The van der Waals surface area contributed by atoms with E-state index in [4.69, 9.17) is 0 Å². The van der Waals surface area contributed by atoms with Gasteiger partial charge in [0.2, 0.25) is 15.9 Å². The standard InChI is InChI=1S/C19H23BrN4O3S/c20-15-4-6-16(7-5-15)23-19(25)10-11-21-18-9-8-17(14-22-18)28(26,27)24-12-2-1-3-13-24/h4-9,14H,1-3,10-13H2,(H,21,22)(H,23,25). The molecule has 1 saturated heterocycles. The summed E-state index contributed by atoms with van der Waals surface area (Å²) < 4.78 is 27.7. The maximum Gasteiger partial charge on any atom is 0.244 e. The Bertz CT molecular complexity index is 896. The van der Waals surface area contributed by atoms with Crippen molar-refractivity contribution >= 4 is 43.4 Å². The van der Waals surface area contributed by atoms with Crippen LogP contribution in [-0.4, -0.2) is 43.2 Å². The highest BCUT2D eigenvalue weighted by molar-refractivity contribution is 9.10. The zero-order valence-corrected chi connectivity index (χ0v) is 17.8. The van der Waals surface area contributed by atoms with Crippen molar-refractivity contribution in [1.82, 2.24) is 9.29 Å². The molecule has 0 saturated carbocycles. The summed E-state index contributed by atoms with van der Waals surface area (Å²) >= 11 is 3.35. The summed E-state index contributed by atoms with van der Waals surface area (Å²) in [6, 6.07) is 10.5. The number of anilines is 2. The number of hydrogen-bond acceptors (Lipinski definition) is 5. The van der Waals surface area contributed by atoms with Gasteiger partial charge in [-0.1, -0.05) is 22.4 Å². The molecule has 1 fully saturated rings. The number of hydrogen-bond donors (Lipinski definition) is 2. The average molecular weight is 467 g/mol. The van der Waals surface area contributed by atoms with Gasteiger partial charge >= 0.3 is 0 Å². The second kappa shape index (κ2) is 9.49. The number of halogens is 1. The maximum absolute atomic E-state index is 12.6. The summed E-state index contributed by atoms with van der Waals surface area (Å²) in [7, 11) is -3.47. The Kier molecular flexibility index (Phi) is 7.03. The first-order valence-corrected chi connectivity index (χ1v) is 11.4. The fraction of sp³-hybridized carbons (Fsp3) is 0.368. The van der Waals surface area contributed by atoms with Gasteiger partial charge in [0.1, 0.15) is 10.7 Å². The number of benzene rings is 1. The van der Waals surface area contributed by atoms with Crippen molar-refractivity contribution in [2.24, 2.45) is 0 Å². The molecular formula is C19H23BrN4O3S. The lowest BCUT2D eigenvalue weighted by molar-refractivity contribution is -0.115. The van der Waals surface area contributed by atoms with Crippen LogP contribution in [0.15, 0.2) is 52.0 Å². The van der Waals surface area contributed by atoms with Crippen molar-refractivity contribution in [2.75, 3.05) is 30.3 Å². The molecule has 7 nitrogen and oxygen atoms in total. The predicted octanol–water partition coefficient (Wildman–Crippen LogP) is 3.46. The van der Waals surface area contributed by atoms with E-state index in [2.05, 4.69) is 31.5 Å². The highest BCUT2D eigenvalue weighted by Gasteiger charge is 2.26. The van der Waals surface area contributed by atoms with E-state index in [9.17, 15) is 13.2 Å². The molecule has 150 valence electrons. The number of carbonyl (C=O) groups excluding carboxylic acids is 1. The number of nitrogens with one attached hydrogen (secondary N) is 2. The fourth-order valence-corrected chi connectivity index (χ4v) is 4.68. The zero-order valence-electron chi connectivity index (χ0n) is 15.4. The van der Waals surface area contributed by atoms with Crippen molar-refractivity contribution in [2.45, 2.75) is 30.6 Å². The number of amides is 1. The number of carbonyl (C=O) groups is 1. The molecule has 0 atom stereocenters. The van der Waals surface area contributed by atoms with Gasteiger partial charge in [-0.25, -0.2) is 13.4 Å². The highest BCUT2D eigenvalue weighted by atomic mass is 79.9. The summed E-state index contributed by atoms with van der Waals surface area (Å²) in [4.78, 5) is 16.4. The first kappa shape index (κ1) is 20.8. The van der Waals surface area contributed by atoms with Crippen LogP contribution in [-0.2, 0) is 14.8 Å². The molecule has 1 aromatic carbocycles. The maximum atomic E-state index is 12.6. The third kappa shape index (κ3) is 5.52. The molecule has 2 N–H and O–H groups in total. The molecule has 2 heterocycles. The lowest BCUT2D eigenvalue weighted by atomic mass is 10.2. The van der Waals surface area contributed by atoms with E-state index in [-0.39, 0.29) is 17.2 Å². The third-order valence-corrected chi connectivity index (χ3v) is 6.89. The minimum Gasteiger partial charge on any atom is -0.370 e. The van der Waals surface area contributed by atoms with E-state index < -0.39 is 10.0 Å². The Morgan fingerprint density at radius 1 is 1.07 bits per heavy atom. The van der Waals surface area contributed by atoms with E-state index in [1.54, 1.807) is 12.1 Å². The van der Waals surface area contributed by atoms with Crippen LogP contribution in [0.1, 0.15) is 25.7 Å². The molecule has 1 aliphatic rings. The fourth-order valence-electron chi connectivity index (χ4n) is 2.95. The highest BCUT2D eigenvalue weighted by Crippen LogP contribution is 2.20. The second-order valence-corrected chi connectivity index (χ2v) is 9.43. The van der Waals surface area contributed by atoms with Crippen LogP contribution in [0.5, 0.6) is 0 Å². The molecule has 28 heavy (non-hydrogen) atoms. The number of aromatic nitrogens is 1. The lowest BCUT2D eigenvalue weighted by Crippen LogP contribution is -2.35. The molecule has 1 amide bonds. The molecule has 1 aromatic heterocycles. The van der Waals surface area contributed by atoms with Gasteiger partial charge in [0.15, 0.2) is 0 Å². The summed E-state index contributed by atoms with van der Waals surface area (Å²) in [6.07, 6.45) is 4.51. The third-order valence-electron chi connectivity index (χ3n) is 4.48. The first-order valence-electron chi connectivity index (χ1n) is 9.21. The number of pyridine rings is 1. The quantitative estimate of drug-likeness (QED) is 0.651. The Balaban J connectivity index is 1.49. The van der Waals surface area contributed by atoms with Gasteiger partial charge < -0.3 is 10.6 Å². The Hall–Kier alpha value is -1.97. The summed E-state index contributed by atoms with van der Waals surface area (Å²) in [5, 5.41) is 5.86. The summed E-state index contributed by atoms with van der Waals surface area (Å²) in [6.45, 7) is 1.53. The van der Waals surface area contributed by atoms with Crippen molar-refractivity contribution < 1.29 is 13.2 Å². The Labute approximate surface area is 173 Å². The molecule has 0 radical (unpaired) electrons. The molecule has 1 aliphatic heterocycles. The summed E-state index contributed by atoms with van der Waals surface area (Å²) in [5.41, 5.74) is 0.735. The normalized spacial score (nSPS) is 15.2. The second-order valence-electron chi connectivity index (χ2n) is 6.58. The predicted molar refractivity (Wildman–Crippen MR) is 113 cm³/mol. The monoisotopic (exact) mass is 466 g/mol. The SMILES string of the molecule is O=C(CCNc1ccc(S(=O)(=O)N2CCCCC2)cn1)Nc1ccc(Br)cc1. The molecule has 9 heteroatoms. The van der Waals surface area contributed by atoms with Crippen molar-refractivity contribution in [1.29, 1.82) is 0 Å². The number of rotatable bonds is 7. The molecule has 2 aromatic rings. The molecular weight excluding hydrogens is 444 g/mol. The smallest absolute Gasteiger partial charge is 0.244 e. The van der Waals surface area contributed by atoms with E-state index in [0.29, 0.717) is 25.5 Å².